The van der Waals surface area contributed by atoms with E-state index in [9.17, 15) is 18.7 Å². The van der Waals surface area contributed by atoms with Crippen LogP contribution in [0.15, 0.2) is 18.2 Å². The highest BCUT2D eigenvalue weighted by Gasteiger charge is 2.47. The molecular weight excluding hydrogens is 422 g/mol. The molecule has 1 amide bonds. The maximum absolute atomic E-state index is 14.7. The van der Waals surface area contributed by atoms with Gasteiger partial charge in [-0.25, -0.2) is 14.8 Å². The first-order chi connectivity index (χ1) is 15.3. The standard InChI is InChI=1S/C22H22F2N4O4/c1-11-16(29)7-28(11)19-25-17(14-4-5-22(23,24)18(14)26-19)12-2-3-15-13(6-12)8-31-9-21(15)10-32-20(30)27-21/h2-3,6,11,16,29H,4-5,7-10H2,1H3,(H,27,30)/t11-,16+,21?/m0/s1. The van der Waals surface area contributed by atoms with Gasteiger partial charge in [0.25, 0.3) is 5.92 Å². The number of hydrogen-bond acceptors (Lipinski definition) is 7. The normalized spacial score (nSPS) is 29.9. The fourth-order valence-electron chi connectivity index (χ4n) is 5.05. The molecule has 2 fully saturated rings. The highest BCUT2D eigenvalue weighted by Crippen LogP contribution is 2.45. The molecule has 1 unspecified atom stereocenters. The van der Waals surface area contributed by atoms with Gasteiger partial charge in [-0.05, 0) is 30.5 Å². The van der Waals surface area contributed by atoms with Crippen molar-refractivity contribution in [2.45, 2.75) is 50.0 Å². The lowest BCUT2D eigenvalue weighted by molar-refractivity contribution is -0.00603. The monoisotopic (exact) mass is 444 g/mol. The molecule has 8 nitrogen and oxygen atoms in total. The summed E-state index contributed by atoms with van der Waals surface area (Å²) in [7, 11) is 0. The van der Waals surface area contributed by atoms with Crippen LogP contribution in [0.5, 0.6) is 0 Å². The van der Waals surface area contributed by atoms with Gasteiger partial charge in [-0.3, -0.25) is 0 Å². The summed E-state index contributed by atoms with van der Waals surface area (Å²) in [5.74, 6) is -2.80. The molecule has 10 heteroatoms. The lowest BCUT2D eigenvalue weighted by Crippen LogP contribution is -2.59. The fourth-order valence-corrected chi connectivity index (χ4v) is 5.05. The first kappa shape index (κ1) is 19.8. The second kappa shape index (κ2) is 6.58. The van der Waals surface area contributed by atoms with Gasteiger partial charge in [-0.15, -0.1) is 0 Å². The Kier molecular flexibility index (Phi) is 4.07. The van der Waals surface area contributed by atoms with Crippen molar-refractivity contribution < 1.29 is 28.2 Å². The van der Waals surface area contributed by atoms with E-state index in [4.69, 9.17) is 9.47 Å². The second-order valence-corrected chi connectivity index (χ2v) is 9.01. The predicted octanol–water partition coefficient (Wildman–Crippen LogP) is 2.22. The zero-order chi connectivity index (χ0) is 22.3. The number of rotatable bonds is 2. The summed E-state index contributed by atoms with van der Waals surface area (Å²) in [4.78, 5) is 22.3. The quantitative estimate of drug-likeness (QED) is 0.733. The van der Waals surface area contributed by atoms with Gasteiger partial charge in [0.2, 0.25) is 5.95 Å². The Balaban J connectivity index is 1.46. The van der Waals surface area contributed by atoms with E-state index in [-0.39, 0.29) is 37.1 Å². The van der Waals surface area contributed by atoms with Gasteiger partial charge in [0, 0.05) is 24.1 Å². The van der Waals surface area contributed by atoms with Crippen LogP contribution >= 0.6 is 0 Å². The van der Waals surface area contributed by atoms with Crippen LogP contribution in [0.2, 0.25) is 0 Å². The van der Waals surface area contributed by atoms with E-state index in [1.165, 1.54) is 0 Å². The van der Waals surface area contributed by atoms with Gasteiger partial charge in [-0.2, -0.15) is 8.78 Å². The summed E-state index contributed by atoms with van der Waals surface area (Å²) >= 11 is 0. The van der Waals surface area contributed by atoms with Gasteiger partial charge in [0.15, 0.2) is 0 Å². The smallest absolute Gasteiger partial charge is 0.408 e. The van der Waals surface area contributed by atoms with Crippen molar-refractivity contribution in [2.24, 2.45) is 0 Å². The average Bonchev–Trinajstić information content (AvgIpc) is 3.30. The molecule has 1 aromatic heterocycles. The third kappa shape index (κ3) is 2.75. The molecule has 0 bridgehead atoms. The number of nitrogens with one attached hydrogen (secondary N) is 1. The van der Waals surface area contributed by atoms with Crippen LogP contribution in [-0.4, -0.2) is 53.1 Å². The Morgan fingerprint density at radius 3 is 2.84 bits per heavy atom. The van der Waals surface area contributed by atoms with Crippen molar-refractivity contribution in [3.63, 3.8) is 0 Å². The number of benzene rings is 1. The minimum Gasteiger partial charge on any atom is -0.447 e. The van der Waals surface area contributed by atoms with E-state index in [0.717, 1.165) is 11.1 Å². The summed E-state index contributed by atoms with van der Waals surface area (Å²) in [6, 6.07) is 5.38. The van der Waals surface area contributed by atoms with Crippen molar-refractivity contribution in [3.8, 4) is 11.3 Å². The molecule has 1 spiro atoms. The first-order valence-electron chi connectivity index (χ1n) is 10.7. The highest BCUT2D eigenvalue weighted by atomic mass is 19.3. The number of ether oxygens (including phenoxy) is 2. The minimum absolute atomic E-state index is 0.173. The molecule has 1 aliphatic carbocycles. The van der Waals surface area contributed by atoms with Crippen LogP contribution in [0.1, 0.15) is 35.7 Å². The molecular formula is C22H22F2N4O4. The topological polar surface area (TPSA) is 96.8 Å². The number of amides is 1. The number of alkyl carbamates (subject to hydrolysis) is 1. The predicted molar refractivity (Wildman–Crippen MR) is 108 cm³/mol. The maximum Gasteiger partial charge on any atom is 0.408 e. The van der Waals surface area contributed by atoms with Crippen molar-refractivity contribution in [3.05, 3.63) is 40.6 Å². The third-order valence-corrected chi connectivity index (χ3v) is 7.01. The molecule has 168 valence electrons. The number of alkyl halides is 2. The number of aromatic nitrogens is 2. The van der Waals surface area contributed by atoms with Crippen LogP contribution in [0, 0.1) is 0 Å². The van der Waals surface area contributed by atoms with E-state index in [1.54, 1.807) is 4.90 Å². The number of β-amino-alcohol motifs (C(OH)–C–C–N with tert-alkyl or cyclic N) is 1. The number of aliphatic hydroxyl groups is 1. The summed E-state index contributed by atoms with van der Waals surface area (Å²) in [5.41, 5.74) is 2.41. The average molecular weight is 444 g/mol. The molecule has 3 atom stereocenters. The van der Waals surface area contributed by atoms with Crippen LogP contribution in [0.3, 0.4) is 0 Å². The van der Waals surface area contributed by atoms with Crippen molar-refractivity contribution >= 4 is 12.0 Å². The molecule has 32 heavy (non-hydrogen) atoms. The van der Waals surface area contributed by atoms with E-state index in [1.807, 2.05) is 25.1 Å². The summed E-state index contributed by atoms with van der Waals surface area (Å²) in [5, 5.41) is 12.7. The van der Waals surface area contributed by atoms with E-state index >= 15 is 0 Å². The number of halogens is 2. The lowest BCUT2D eigenvalue weighted by Gasteiger charge is -2.43. The number of aliphatic hydroxyl groups excluding tert-OH is 1. The molecule has 4 aliphatic rings. The van der Waals surface area contributed by atoms with Crippen LogP contribution in [-0.2, 0) is 34.0 Å². The van der Waals surface area contributed by atoms with Crippen molar-refractivity contribution in [1.82, 2.24) is 15.3 Å². The lowest BCUT2D eigenvalue weighted by atomic mass is 9.85. The van der Waals surface area contributed by atoms with Crippen LogP contribution in [0.25, 0.3) is 11.3 Å². The Bertz CT molecular complexity index is 1140. The van der Waals surface area contributed by atoms with E-state index in [0.29, 0.717) is 36.6 Å². The highest BCUT2D eigenvalue weighted by molar-refractivity contribution is 5.73. The molecule has 6 rings (SSSR count). The zero-order valence-corrected chi connectivity index (χ0v) is 17.4. The van der Waals surface area contributed by atoms with Gasteiger partial charge >= 0.3 is 6.09 Å². The number of carbonyl (C=O) groups excluding carboxylic acids is 1. The zero-order valence-electron chi connectivity index (χ0n) is 17.4. The molecule has 3 aliphatic heterocycles. The van der Waals surface area contributed by atoms with Gasteiger partial charge in [-0.1, -0.05) is 12.1 Å². The van der Waals surface area contributed by atoms with Gasteiger partial charge in [0.05, 0.1) is 31.1 Å². The first-order valence-corrected chi connectivity index (χ1v) is 10.7. The number of cyclic esters (lactones) is 1. The van der Waals surface area contributed by atoms with Crippen LogP contribution in [0.4, 0.5) is 19.5 Å². The van der Waals surface area contributed by atoms with E-state index < -0.39 is 23.7 Å². The number of fused-ring (bicyclic) bond motifs is 3. The number of anilines is 1. The fraction of sp³-hybridized carbons (Fsp3) is 0.500. The third-order valence-electron chi connectivity index (χ3n) is 7.01. The van der Waals surface area contributed by atoms with Crippen molar-refractivity contribution in [2.75, 3.05) is 24.7 Å². The summed E-state index contributed by atoms with van der Waals surface area (Å²) < 4.78 is 40.2. The van der Waals surface area contributed by atoms with Crippen LogP contribution < -0.4 is 10.2 Å². The Morgan fingerprint density at radius 2 is 2.12 bits per heavy atom. The summed E-state index contributed by atoms with van der Waals surface area (Å²) in [6.45, 7) is 2.94. The molecule has 0 saturated carbocycles. The Hall–Kier alpha value is -2.85. The second-order valence-electron chi connectivity index (χ2n) is 9.01. The molecule has 2 saturated heterocycles. The van der Waals surface area contributed by atoms with E-state index in [2.05, 4.69) is 15.3 Å². The summed E-state index contributed by atoms with van der Waals surface area (Å²) in [6.07, 6.45) is -1.13. The molecule has 1 aromatic carbocycles. The Morgan fingerprint density at radius 1 is 1.28 bits per heavy atom. The van der Waals surface area contributed by atoms with Gasteiger partial charge in [0.1, 0.15) is 17.8 Å². The molecule has 4 heterocycles. The SMILES string of the molecule is C[C@H]1[C@H](O)CN1c1nc(-c2ccc3c(c2)COCC32COC(=O)N2)c2c(n1)C(F)(F)CC2. The van der Waals surface area contributed by atoms with Gasteiger partial charge < -0.3 is 24.8 Å². The Labute approximate surface area is 182 Å². The molecule has 2 aromatic rings. The number of nitrogens with zero attached hydrogens (tertiary/aromatic N) is 3. The minimum atomic E-state index is -3.01. The number of hydrogen-bond donors (Lipinski definition) is 2. The maximum atomic E-state index is 14.7. The number of carbonyl (C=O) groups is 1. The largest absolute Gasteiger partial charge is 0.447 e. The molecule has 0 radical (unpaired) electrons. The van der Waals surface area contributed by atoms with Crippen molar-refractivity contribution in [1.29, 1.82) is 0 Å². The molecule has 2 N–H and O–H groups in total.